The van der Waals surface area contributed by atoms with Crippen LogP contribution in [0.5, 0.6) is 0 Å². The molecule has 0 radical (unpaired) electrons. The molecule has 6 nitrogen and oxygen atoms in total. The first-order valence-electron chi connectivity index (χ1n) is 4.31. The Morgan fingerprint density at radius 3 is 2.87 bits per heavy atom. The van der Waals surface area contributed by atoms with Gasteiger partial charge in [0.2, 0.25) is 0 Å². The van der Waals surface area contributed by atoms with Crippen LogP contribution in [0.4, 0.5) is 5.82 Å². The lowest BCUT2D eigenvalue weighted by Gasteiger charge is -2.02. The van der Waals surface area contributed by atoms with E-state index in [9.17, 15) is 0 Å². The summed E-state index contributed by atoms with van der Waals surface area (Å²) in [5.74, 6) is 0.546. The predicted molar refractivity (Wildman–Crippen MR) is 55.4 cm³/mol. The maximum absolute atomic E-state index is 5.82. The van der Waals surface area contributed by atoms with Crippen LogP contribution >= 0.6 is 11.6 Å². The zero-order valence-electron chi connectivity index (χ0n) is 8.05. The van der Waals surface area contributed by atoms with Crippen molar-refractivity contribution in [3.8, 4) is 0 Å². The summed E-state index contributed by atoms with van der Waals surface area (Å²) in [5, 5.41) is 11.1. The maximum Gasteiger partial charge on any atom is 0.171 e. The fourth-order valence-corrected chi connectivity index (χ4v) is 1.26. The Bertz CT molecular complexity index is 454. The molecule has 0 atom stereocenters. The quantitative estimate of drug-likeness (QED) is 0.838. The van der Waals surface area contributed by atoms with Crippen molar-refractivity contribution >= 4 is 17.4 Å². The van der Waals surface area contributed by atoms with Gasteiger partial charge in [0.1, 0.15) is 5.69 Å². The zero-order chi connectivity index (χ0) is 10.7. The molecule has 2 aromatic heterocycles. The molecule has 15 heavy (non-hydrogen) atoms. The van der Waals surface area contributed by atoms with Crippen LogP contribution in [-0.2, 0) is 13.6 Å². The number of nitrogens with zero attached hydrogens (tertiary/aromatic N) is 5. The standard InChI is InChI=1S/C8H9ClN6/c1-15-5-6(13-14-15)4-12-8-7(9)10-2-3-11-8/h2-3,5H,4H2,1H3,(H,11,12). The molecule has 2 rings (SSSR count). The maximum atomic E-state index is 5.82. The van der Waals surface area contributed by atoms with Gasteiger partial charge >= 0.3 is 0 Å². The summed E-state index contributed by atoms with van der Waals surface area (Å²) in [6.45, 7) is 0.520. The van der Waals surface area contributed by atoms with Crippen molar-refractivity contribution in [2.75, 3.05) is 5.32 Å². The second kappa shape index (κ2) is 4.22. The second-order valence-electron chi connectivity index (χ2n) is 2.93. The van der Waals surface area contributed by atoms with Gasteiger partial charge in [-0.05, 0) is 0 Å². The molecule has 0 fully saturated rings. The molecular formula is C8H9ClN6. The van der Waals surface area contributed by atoms with Gasteiger partial charge in [-0.15, -0.1) is 5.10 Å². The Labute approximate surface area is 91.3 Å². The fraction of sp³-hybridized carbons (Fsp3) is 0.250. The number of halogens is 1. The SMILES string of the molecule is Cn1cc(CNc2nccnc2Cl)nn1. The molecule has 7 heteroatoms. The van der Waals surface area contributed by atoms with Crippen molar-refractivity contribution in [1.29, 1.82) is 0 Å². The van der Waals surface area contributed by atoms with Gasteiger partial charge in [-0.2, -0.15) is 0 Å². The average molecular weight is 225 g/mol. The molecule has 0 aromatic carbocycles. The van der Waals surface area contributed by atoms with Crippen molar-refractivity contribution in [2.45, 2.75) is 6.54 Å². The van der Waals surface area contributed by atoms with Crippen molar-refractivity contribution in [2.24, 2.45) is 7.05 Å². The van der Waals surface area contributed by atoms with Crippen LogP contribution < -0.4 is 5.32 Å². The van der Waals surface area contributed by atoms with Crippen LogP contribution in [0.2, 0.25) is 5.15 Å². The summed E-state index contributed by atoms with van der Waals surface area (Å²) in [4.78, 5) is 7.94. The monoisotopic (exact) mass is 224 g/mol. The van der Waals surface area contributed by atoms with E-state index in [1.807, 2.05) is 13.2 Å². The molecule has 78 valence electrons. The largest absolute Gasteiger partial charge is 0.362 e. The third kappa shape index (κ3) is 2.41. The van der Waals surface area contributed by atoms with Gasteiger partial charge in [0.05, 0.1) is 6.54 Å². The summed E-state index contributed by atoms with van der Waals surface area (Å²) in [6, 6.07) is 0. The lowest BCUT2D eigenvalue weighted by molar-refractivity contribution is 0.713. The van der Waals surface area contributed by atoms with Crippen LogP contribution in [0.25, 0.3) is 0 Å². The minimum absolute atomic E-state index is 0.349. The van der Waals surface area contributed by atoms with Gasteiger partial charge in [0, 0.05) is 25.6 Å². The summed E-state index contributed by atoms with van der Waals surface area (Å²) in [5.41, 5.74) is 0.819. The number of rotatable bonds is 3. The van der Waals surface area contributed by atoms with E-state index in [1.165, 1.54) is 6.20 Å². The van der Waals surface area contributed by atoms with Gasteiger partial charge in [-0.3, -0.25) is 4.68 Å². The zero-order valence-corrected chi connectivity index (χ0v) is 8.81. The molecule has 2 heterocycles. The molecule has 0 bridgehead atoms. The highest BCUT2D eigenvalue weighted by atomic mass is 35.5. The van der Waals surface area contributed by atoms with Crippen molar-refractivity contribution < 1.29 is 0 Å². The summed E-state index contributed by atoms with van der Waals surface area (Å²) < 4.78 is 1.63. The van der Waals surface area contributed by atoms with Crippen LogP contribution in [-0.4, -0.2) is 25.0 Å². The van der Waals surface area contributed by atoms with E-state index in [0.717, 1.165) is 5.69 Å². The number of hydrogen-bond acceptors (Lipinski definition) is 5. The lowest BCUT2D eigenvalue weighted by atomic mass is 10.4. The van der Waals surface area contributed by atoms with Gasteiger partial charge in [-0.25, -0.2) is 9.97 Å². The van der Waals surface area contributed by atoms with Crippen molar-refractivity contribution in [1.82, 2.24) is 25.0 Å². The van der Waals surface area contributed by atoms with Crippen molar-refractivity contribution in [3.05, 3.63) is 29.4 Å². The van der Waals surface area contributed by atoms with E-state index < -0.39 is 0 Å². The first-order valence-corrected chi connectivity index (χ1v) is 4.69. The molecule has 0 saturated carbocycles. The number of anilines is 1. The van der Waals surface area contributed by atoms with E-state index in [-0.39, 0.29) is 0 Å². The fourth-order valence-electron chi connectivity index (χ4n) is 1.09. The highest BCUT2D eigenvalue weighted by Gasteiger charge is 2.02. The Balaban J connectivity index is 2.02. The molecular weight excluding hydrogens is 216 g/mol. The number of aryl methyl sites for hydroxylation is 1. The van der Waals surface area contributed by atoms with Crippen LogP contribution in [0.3, 0.4) is 0 Å². The Kier molecular flexibility index (Phi) is 2.77. The van der Waals surface area contributed by atoms with Gasteiger partial charge < -0.3 is 5.32 Å². The molecule has 0 amide bonds. The van der Waals surface area contributed by atoms with E-state index in [0.29, 0.717) is 17.5 Å². The topological polar surface area (TPSA) is 68.5 Å². The highest BCUT2D eigenvalue weighted by molar-refractivity contribution is 6.31. The molecule has 0 aliphatic rings. The van der Waals surface area contributed by atoms with E-state index >= 15 is 0 Å². The van der Waals surface area contributed by atoms with E-state index in [1.54, 1.807) is 10.9 Å². The minimum atomic E-state index is 0.349. The number of aromatic nitrogens is 5. The summed E-state index contributed by atoms with van der Waals surface area (Å²) in [7, 11) is 1.81. The van der Waals surface area contributed by atoms with Crippen LogP contribution in [0, 0.1) is 0 Å². The Hall–Kier alpha value is -1.69. The molecule has 2 aromatic rings. The molecule has 0 aliphatic heterocycles. The van der Waals surface area contributed by atoms with Gasteiger partial charge in [0.15, 0.2) is 11.0 Å². The summed E-state index contributed by atoms with van der Waals surface area (Å²) in [6.07, 6.45) is 4.93. The van der Waals surface area contributed by atoms with E-state index in [2.05, 4.69) is 25.6 Å². The smallest absolute Gasteiger partial charge is 0.171 e. The molecule has 0 aliphatic carbocycles. The average Bonchev–Trinajstić information content (AvgIpc) is 2.63. The summed E-state index contributed by atoms with van der Waals surface area (Å²) >= 11 is 5.82. The molecule has 1 N–H and O–H groups in total. The first kappa shape index (κ1) is 9.85. The van der Waals surface area contributed by atoms with E-state index in [4.69, 9.17) is 11.6 Å². The molecule has 0 spiro atoms. The Morgan fingerprint density at radius 2 is 2.20 bits per heavy atom. The lowest BCUT2D eigenvalue weighted by Crippen LogP contribution is -2.02. The van der Waals surface area contributed by atoms with Crippen LogP contribution in [0.15, 0.2) is 18.6 Å². The third-order valence-corrected chi connectivity index (χ3v) is 2.02. The molecule has 0 saturated heterocycles. The number of hydrogen-bond donors (Lipinski definition) is 1. The third-order valence-electron chi connectivity index (χ3n) is 1.74. The minimum Gasteiger partial charge on any atom is -0.362 e. The normalized spacial score (nSPS) is 10.3. The second-order valence-corrected chi connectivity index (χ2v) is 3.29. The molecule has 0 unspecified atom stereocenters. The van der Waals surface area contributed by atoms with Gasteiger partial charge in [0.25, 0.3) is 0 Å². The van der Waals surface area contributed by atoms with Gasteiger partial charge in [-0.1, -0.05) is 16.8 Å². The first-order chi connectivity index (χ1) is 7.25. The van der Waals surface area contributed by atoms with Crippen molar-refractivity contribution in [3.63, 3.8) is 0 Å². The Morgan fingerprint density at radius 1 is 1.40 bits per heavy atom. The van der Waals surface area contributed by atoms with Crippen LogP contribution in [0.1, 0.15) is 5.69 Å². The predicted octanol–water partition coefficient (Wildman–Crippen LogP) is 0.871. The highest BCUT2D eigenvalue weighted by Crippen LogP contribution is 2.14. The number of nitrogens with one attached hydrogen (secondary N) is 1.